The molecule has 0 spiro atoms. The van der Waals surface area contributed by atoms with Crippen LogP contribution >= 0.6 is 0 Å². The van der Waals surface area contributed by atoms with Gasteiger partial charge in [-0.15, -0.1) is 0 Å². The summed E-state index contributed by atoms with van der Waals surface area (Å²) in [7, 11) is 0. The van der Waals surface area contributed by atoms with Crippen LogP contribution in [0.3, 0.4) is 0 Å². The molecule has 0 saturated heterocycles. The molecule has 0 aromatic heterocycles. The summed E-state index contributed by atoms with van der Waals surface area (Å²) in [6, 6.07) is 5.37. The molecule has 18 atom stereocenters. The fraction of sp³-hybridized carbons (Fsp3) is 1.00. The van der Waals surface area contributed by atoms with Crippen LogP contribution in [-0.2, 0) is 0 Å². The van der Waals surface area contributed by atoms with E-state index in [0.717, 1.165) is 143 Å². The van der Waals surface area contributed by atoms with Gasteiger partial charge in [0.05, 0.1) is 0 Å². The minimum absolute atomic E-state index is 0.564. The molecule has 0 bridgehead atoms. The maximum absolute atomic E-state index is 3.49. The van der Waals surface area contributed by atoms with Crippen molar-refractivity contribution in [1.82, 2.24) is 9.80 Å². The van der Waals surface area contributed by atoms with E-state index in [1.54, 1.807) is 212 Å². The van der Waals surface area contributed by atoms with Gasteiger partial charge >= 0.3 is 0 Å². The van der Waals surface area contributed by atoms with Crippen LogP contribution in [0.25, 0.3) is 0 Å². The highest BCUT2D eigenvalue weighted by Gasteiger charge is 2.62. The van der Waals surface area contributed by atoms with E-state index < -0.39 is 0 Å². The molecule has 14 rings (SSSR count). The van der Waals surface area contributed by atoms with Gasteiger partial charge in [-0.25, -0.2) is 0 Å². The Labute approximate surface area is 477 Å². The van der Waals surface area contributed by atoms with Crippen molar-refractivity contribution in [2.75, 3.05) is 0 Å². The molecule has 14 aliphatic rings. The molecule has 0 radical (unpaired) electrons. The molecule has 0 N–H and O–H groups in total. The Bertz CT molecular complexity index is 1880. The molecule has 2 heteroatoms. The lowest BCUT2D eigenvalue weighted by Crippen LogP contribution is -2.58. The highest BCUT2D eigenvalue weighted by Crippen LogP contribution is 2.69. The van der Waals surface area contributed by atoms with E-state index in [2.05, 4.69) is 51.3 Å². The fourth-order valence-electron chi connectivity index (χ4n) is 28.8. The molecule has 0 heterocycles. The second-order valence-electron chi connectivity index (χ2n) is 34.4. The van der Waals surface area contributed by atoms with Crippen molar-refractivity contribution in [3.8, 4) is 0 Å². The van der Waals surface area contributed by atoms with Crippen LogP contribution in [0.2, 0.25) is 0 Å². The third-order valence-corrected chi connectivity index (χ3v) is 32.0. The summed E-state index contributed by atoms with van der Waals surface area (Å²) in [6.07, 6.45) is 65.4. The molecule has 0 aliphatic heterocycles. The van der Waals surface area contributed by atoms with Crippen LogP contribution < -0.4 is 0 Å². The van der Waals surface area contributed by atoms with Crippen LogP contribution in [0, 0.1) is 123 Å². The maximum Gasteiger partial charge on any atom is 0.0132 e. The Kier molecular flexibility index (Phi) is 16.0. The Balaban J connectivity index is 0.622. The highest BCUT2D eigenvalue weighted by molar-refractivity contribution is 5.13. The zero-order valence-electron chi connectivity index (χ0n) is 51.9. The molecule has 2 nitrogen and oxygen atoms in total. The minimum Gasteiger partial charge on any atom is -0.294 e. The van der Waals surface area contributed by atoms with Crippen LogP contribution in [0.4, 0.5) is 0 Å². The maximum atomic E-state index is 3.49. The Morgan fingerprint density at radius 2 is 0.597 bits per heavy atom. The van der Waals surface area contributed by atoms with Gasteiger partial charge in [-0.1, -0.05) is 112 Å². The van der Waals surface area contributed by atoms with Gasteiger partial charge < -0.3 is 0 Å². The first kappa shape index (κ1) is 54.8. The van der Waals surface area contributed by atoms with Crippen molar-refractivity contribution in [2.24, 2.45) is 123 Å². The lowest BCUT2D eigenvalue weighted by Gasteiger charge is -2.55. The summed E-state index contributed by atoms with van der Waals surface area (Å²) in [5.74, 6) is 18.8. The topological polar surface area (TPSA) is 6.48 Å². The molecule has 0 amide bonds. The fourth-order valence-corrected chi connectivity index (χ4v) is 28.8. The number of rotatable bonds is 10. The van der Waals surface area contributed by atoms with Crippen molar-refractivity contribution in [1.29, 1.82) is 0 Å². The number of hydrogen-bond acceptors (Lipinski definition) is 2. The van der Waals surface area contributed by atoms with Gasteiger partial charge in [-0.05, 0) is 322 Å². The van der Waals surface area contributed by atoms with Crippen molar-refractivity contribution < 1.29 is 0 Å². The third kappa shape index (κ3) is 9.50. The molecule has 14 saturated carbocycles. The predicted molar refractivity (Wildman–Crippen MR) is 324 cm³/mol. The first-order chi connectivity index (χ1) is 37.6. The Hall–Kier alpha value is -0.0800. The molecule has 14 fully saturated rings. The van der Waals surface area contributed by atoms with Crippen LogP contribution in [0.15, 0.2) is 0 Å². The summed E-state index contributed by atoms with van der Waals surface area (Å²) in [5.41, 5.74) is 1.79. The SMILES string of the molecule is CCC1(CC)C2CCCCC2C2CCC(N(C3CCC(C4CCC(C5CCC(N(C6CCC7C8CCCCC8C(C)(C)C7C6)C6CCC7C8CCCCC8C(C)(C)C7C6)CC5)CC4)CC3)C3CCCC4CCCCC43)CC21. The van der Waals surface area contributed by atoms with E-state index in [9.17, 15) is 0 Å². The molecule has 18 unspecified atom stereocenters. The van der Waals surface area contributed by atoms with Crippen molar-refractivity contribution >= 4 is 0 Å². The van der Waals surface area contributed by atoms with Gasteiger partial charge in [-0.2, -0.15) is 0 Å². The van der Waals surface area contributed by atoms with Crippen LogP contribution in [-0.4, -0.2) is 46.1 Å². The van der Waals surface area contributed by atoms with E-state index in [0.29, 0.717) is 16.2 Å². The standard InChI is InChI=1S/C75H126N2/c1-7-75(8-2)68-26-16-13-23-62(68)65-45-42-58(48-71(65)75)77(72-27-17-19-53-18-9-10-20-59(53)72)55-38-34-52(35-39-55)50-30-28-49(29-31-50)51-32-36-54(37-33-51)76(56-40-43-63-60-21-11-14-24-66(60)73(3,4)69(63)46-56)57-41-44-64-61-22-12-15-25-67(61)74(5,6)70(64)47-57/h49-72H,7-48H2,1-6H3. The second kappa shape index (κ2) is 22.4. The van der Waals surface area contributed by atoms with Gasteiger partial charge in [-0.3, -0.25) is 9.80 Å². The van der Waals surface area contributed by atoms with Gasteiger partial charge in [0.25, 0.3) is 0 Å². The summed E-state index contributed by atoms with van der Waals surface area (Å²) < 4.78 is 0. The van der Waals surface area contributed by atoms with E-state index >= 15 is 0 Å². The van der Waals surface area contributed by atoms with Crippen LogP contribution in [0.5, 0.6) is 0 Å². The largest absolute Gasteiger partial charge is 0.294 e. The zero-order chi connectivity index (χ0) is 52.2. The van der Waals surface area contributed by atoms with Gasteiger partial charge in [0.15, 0.2) is 0 Å². The monoisotopic (exact) mass is 1050 g/mol. The van der Waals surface area contributed by atoms with Gasteiger partial charge in [0.1, 0.15) is 0 Å². The van der Waals surface area contributed by atoms with E-state index in [4.69, 9.17) is 0 Å². The van der Waals surface area contributed by atoms with E-state index in [-0.39, 0.29) is 0 Å². The second-order valence-corrected chi connectivity index (χ2v) is 34.4. The molecular formula is C75H126N2. The normalized spacial score (nSPS) is 51.1. The lowest BCUT2D eigenvalue weighted by atomic mass is 9.61. The van der Waals surface area contributed by atoms with Gasteiger partial charge in [0.2, 0.25) is 0 Å². The predicted octanol–water partition coefficient (Wildman–Crippen LogP) is 20.5. The quantitative estimate of drug-likeness (QED) is 0.215. The Morgan fingerprint density at radius 1 is 0.260 bits per heavy atom. The third-order valence-electron chi connectivity index (χ3n) is 32.0. The molecule has 0 aromatic rings. The zero-order valence-corrected chi connectivity index (χ0v) is 51.9. The molecule has 77 heavy (non-hydrogen) atoms. The smallest absolute Gasteiger partial charge is 0.0132 e. The van der Waals surface area contributed by atoms with Crippen molar-refractivity contribution in [3.63, 3.8) is 0 Å². The average Bonchev–Trinajstić information content (AvgIpc) is 4.14. The number of nitrogens with zero attached hydrogens (tertiary/aromatic N) is 2. The average molecular weight is 1060 g/mol. The first-order valence-corrected chi connectivity index (χ1v) is 37.1. The highest BCUT2D eigenvalue weighted by atomic mass is 15.2. The molecular weight excluding hydrogens is 929 g/mol. The molecule has 0 aromatic carbocycles. The van der Waals surface area contributed by atoms with Gasteiger partial charge in [0, 0.05) is 36.3 Å². The first-order valence-electron chi connectivity index (χ1n) is 37.1. The van der Waals surface area contributed by atoms with Crippen LogP contribution in [0.1, 0.15) is 311 Å². The Morgan fingerprint density at radius 3 is 1.09 bits per heavy atom. The minimum atomic E-state index is 0.564. The summed E-state index contributed by atoms with van der Waals surface area (Å²) >= 11 is 0. The van der Waals surface area contributed by atoms with Crippen molar-refractivity contribution in [3.05, 3.63) is 0 Å². The molecule has 436 valence electrons. The van der Waals surface area contributed by atoms with Crippen molar-refractivity contribution in [2.45, 2.75) is 347 Å². The lowest BCUT2D eigenvalue weighted by molar-refractivity contribution is -0.0593. The summed E-state index contributed by atoms with van der Waals surface area (Å²) in [6.45, 7) is 16.4. The summed E-state index contributed by atoms with van der Waals surface area (Å²) in [4.78, 5) is 6.95. The molecule has 14 aliphatic carbocycles. The van der Waals surface area contributed by atoms with E-state index in [1.807, 2.05) is 0 Å². The number of hydrogen-bond donors (Lipinski definition) is 0. The van der Waals surface area contributed by atoms with E-state index in [1.165, 1.54) is 57.8 Å². The summed E-state index contributed by atoms with van der Waals surface area (Å²) in [5, 5.41) is 0. The number of fused-ring (bicyclic) bond motifs is 10.